The Morgan fingerprint density at radius 3 is 2.67 bits per heavy atom. The molecule has 0 radical (unpaired) electrons. The van der Waals surface area contributed by atoms with Gasteiger partial charge in [0, 0.05) is 31.5 Å². The maximum atomic E-state index is 12.6. The van der Waals surface area contributed by atoms with Gasteiger partial charge in [0.1, 0.15) is 0 Å². The molecule has 27 heavy (non-hydrogen) atoms. The normalized spacial score (nSPS) is 13.4. The van der Waals surface area contributed by atoms with Crippen molar-refractivity contribution in [2.45, 2.75) is 39.2 Å². The average Bonchev–Trinajstić information content (AvgIpc) is 3.21. The number of hydrogen-bond donors (Lipinski definition) is 0. The number of aryl methyl sites for hydroxylation is 2. The first-order chi connectivity index (χ1) is 13.2. The van der Waals surface area contributed by atoms with Gasteiger partial charge in [-0.3, -0.25) is 4.79 Å². The summed E-state index contributed by atoms with van der Waals surface area (Å²) >= 11 is 0. The molecule has 3 aromatic rings. The van der Waals surface area contributed by atoms with Crippen molar-refractivity contribution in [2.75, 3.05) is 6.54 Å². The van der Waals surface area contributed by atoms with E-state index in [1.54, 1.807) is 0 Å². The lowest BCUT2D eigenvalue weighted by Crippen LogP contribution is -2.36. The number of nitrogens with zero attached hydrogens (tertiary/aromatic N) is 3. The predicted molar refractivity (Wildman–Crippen MR) is 103 cm³/mol. The molecule has 138 valence electrons. The van der Waals surface area contributed by atoms with Crippen molar-refractivity contribution in [1.29, 1.82) is 0 Å². The van der Waals surface area contributed by atoms with Gasteiger partial charge in [0.05, 0.1) is 0 Å². The maximum Gasteiger partial charge on any atom is 0.227 e. The summed E-state index contributed by atoms with van der Waals surface area (Å²) in [7, 11) is 0. The van der Waals surface area contributed by atoms with Crippen molar-refractivity contribution in [3.05, 3.63) is 71.1 Å². The molecule has 2 heterocycles. The standard InChI is InChI=1S/C22H23N3O2/c1-2-16-7-9-18(10-8-16)22-23-20(27-24-22)11-12-21(26)25-14-13-17-5-3-4-6-19(17)15-25/h3-10H,2,11-15H2,1H3. The molecule has 0 aliphatic carbocycles. The minimum Gasteiger partial charge on any atom is -0.339 e. The third-order valence-corrected chi connectivity index (χ3v) is 5.12. The number of amides is 1. The first kappa shape index (κ1) is 17.5. The minimum atomic E-state index is 0.136. The van der Waals surface area contributed by atoms with Gasteiger partial charge >= 0.3 is 0 Å². The van der Waals surface area contributed by atoms with Crippen molar-refractivity contribution in [2.24, 2.45) is 0 Å². The van der Waals surface area contributed by atoms with Crippen LogP contribution in [0.25, 0.3) is 11.4 Å². The Kier molecular flexibility index (Phi) is 5.01. The lowest BCUT2D eigenvalue weighted by atomic mass is 9.99. The van der Waals surface area contributed by atoms with Gasteiger partial charge in [0.15, 0.2) is 0 Å². The molecule has 0 bridgehead atoms. The van der Waals surface area contributed by atoms with Gasteiger partial charge in [0.25, 0.3) is 0 Å². The van der Waals surface area contributed by atoms with Gasteiger partial charge in [-0.15, -0.1) is 0 Å². The monoisotopic (exact) mass is 361 g/mol. The van der Waals surface area contributed by atoms with Crippen LogP contribution in [0.2, 0.25) is 0 Å². The molecule has 0 saturated carbocycles. The average molecular weight is 361 g/mol. The number of benzene rings is 2. The fourth-order valence-corrected chi connectivity index (χ4v) is 3.44. The van der Waals surface area contributed by atoms with E-state index in [0.29, 0.717) is 31.1 Å². The van der Waals surface area contributed by atoms with Gasteiger partial charge in [-0.25, -0.2) is 0 Å². The Bertz CT molecular complexity index is 931. The second kappa shape index (κ2) is 7.74. The van der Waals surface area contributed by atoms with Crippen LogP contribution in [0.5, 0.6) is 0 Å². The molecule has 1 aromatic heterocycles. The Morgan fingerprint density at radius 1 is 1.11 bits per heavy atom. The number of hydrogen-bond acceptors (Lipinski definition) is 4. The highest BCUT2D eigenvalue weighted by molar-refractivity contribution is 5.76. The van der Waals surface area contributed by atoms with Crippen molar-refractivity contribution in [3.63, 3.8) is 0 Å². The van der Waals surface area contributed by atoms with Crippen LogP contribution in [0.3, 0.4) is 0 Å². The van der Waals surface area contributed by atoms with Crippen LogP contribution in [-0.4, -0.2) is 27.5 Å². The third-order valence-electron chi connectivity index (χ3n) is 5.12. The third kappa shape index (κ3) is 3.92. The molecule has 5 heteroatoms. The quantitative estimate of drug-likeness (QED) is 0.693. The van der Waals surface area contributed by atoms with Crippen LogP contribution in [0.15, 0.2) is 53.1 Å². The molecule has 0 N–H and O–H groups in total. The summed E-state index contributed by atoms with van der Waals surface area (Å²) in [5.74, 6) is 1.22. The highest BCUT2D eigenvalue weighted by Crippen LogP contribution is 2.20. The molecular weight excluding hydrogens is 338 g/mol. The molecule has 1 aliphatic heterocycles. The Labute approximate surface area is 159 Å². The van der Waals surface area contributed by atoms with E-state index in [4.69, 9.17) is 4.52 Å². The summed E-state index contributed by atoms with van der Waals surface area (Å²) < 4.78 is 5.34. The van der Waals surface area contributed by atoms with Gasteiger partial charge < -0.3 is 9.42 Å². The van der Waals surface area contributed by atoms with Gasteiger partial charge in [-0.1, -0.05) is 60.6 Å². The number of carbonyl (C=O) groups excluding carboxylic acids is 1. The van der Waals surface area contributed by atoms with E-state index in [0.717, 1.165) is 24.9 Å². The fraction of sp³-hybridized carbons (Fsp3) is 0.318. The van der Waals surface area contributed by atoms with E-state index >= 15 is 0 Å². The topological polar surface area (TPSA) is 59.2 Å². The Hall–Kier alpha value is -2.95. The molecule has 4 rings (SSSR count). The number of fused-ring (bicyclic) bond motifs is 1. The summed E-state index contributed by atoms with van der Waals surface area (Å²) in [4.78, 5) is 18.9. The second-order valence-electron chi connectivity index (χ2n) is 6.90. The lowest BCUT2D eigenvalue weighted by Gasteiger charge is -2.28. The molecule has 5 nitrogen and oxygen atoms in total. The van der Waals surface area contributed by atoms with E-state index in [1.807, 2.05) is 23.1 Å². The van der Waals surface area contributed by atoms with Gasteiger partial charge in [-0.05, 0) is 29.5 Å². The highest BCUT2D eigenvalue weighted by atomic mass is 16.5. The Morgan fingerprint density at radius 2 is 1.89 bits per heavy atom. The fourth-order valence-electron chi connectivity index (χ4n) is 3.44. The summed E-state index contributed by atoms with van der Waals surface area (Å²) in [5, 5.41) is 4.05. The largest absolute Gasteiger partial charge is 0.339 e. The zero-order chi connectivity index (χ0) is 18.6. The number of aromatic nitrogens is 2. The molecule has 0 atom stereocenters. The molecule has 0 spiro atoms. The highest BCUT2D eigenvalue weighted by Gasteiger charge is 2.21. The molecular formula is C22H23N3O2. The number of carbonyl (C=O) groups is 1. The summed E-state index contributed by atoms with van der Waals surface area (Å²) in [5.41, 5.74) is 4.79. The van der Waals surface area contributed by atoms with Crippen molar-refractivity contribution < 1.29 is 9.32 Å². The summed E-state index contributed by atoms with van der Waals surface area (Å²) in [6.45, 7) is 3.59. The zero-order valence-electron chi connectivity index (χ0n) is 15.5. The van der Waals surface area contributed by atoms with Crippen LogP contribution >= 0.6 is 0 Å². The van der Waals surface area contributed by atoms with Crippen LogP contribution in [0.1, 0.15) is 35.9 Å². The molecule has 2 aromatic carbocycles. The molecule has 0 unspecified atom stereocenters. The molecule has 0 saturated heterocycles. The Balaban J connectivity index is 1.35. The smallest absolute Gasteiger partial charge is 0.227 e. The van der Waals surface area contributed by atoms with Gasteiger partial charge in [-0.2, -0.15) is 4.98 Å². The van der Waals surface area contributed by atoms with Crippen molar-refractivity contribution >= 4 is 5.91 Å². The number of rotatable bonds is 5. The summed E-state index contributed by atoms with van der Waals surface area (Å²) in [6.07, 6.45) is 2.77. The summed E-state index contributed by atoms with van der Waals surface area (Å²) in [6, 6.07) is 16.5. The van der Waals surface area contributed by atoms with Crippen LogP contribution in [0, 0.1) is 0 Å². The first-order valence-corrected chi connectivity index (χ1v) is 9.49. The first-order valence-electron chi connectivity index (χ1n) is 9.49. The van der Waals surface area contributed by atoms with Crippen LogP contribution < -0.4 is 0 Å². The van der Waals surface area contributed by atoms with E-state index in [9.17, 15) is 4.79 Å². The second-order valence-corrected chi connectivity index (χ2v) is 6.90. The maximum absolute atomic E-state index is 12.6. The van der Waals surface area contributed by atoms with Crippen LogP contribution in [0.4, 0.5) is 0 Å². The van der Waals surface area contributed by atoms with E-state index < -0.39 is 0 Å². The zero-order valence-corrected chi connectivity index (χ0v) is 15.5. The lowest BCUT2D eigenvalue weighted by molar-refractivity contribution is -0.132. The SMILES string of the molecule is CCc1ccc(-c2noc(CCC(=O)N3CCc4ccccc4C3)n2)cc1. The van der Waals surface area contributed by atoms with Crippen LogP contribution in [-0.2, 0) is 30.6 Å². The minimum absolute atomic E-state index is 0.136. The van der Waals surface area contributed by atoms with Crippen molar-refractivity contribution in [1.82, 2.24) is 15.0 Å². The molecule has 1 amide bonds. The van der Waals surface area contributed by atoms with E-state index in [-0.39, 0.29) is 5.91 Å². The molecule has 1 aliphatic rings. The van der Waals surface area contributed by atoms with Crippen molar-refractivity contribution in [3.8, 4) is 11.4 Å². The molecule has 0 fully saturated rings. The van der Waals surface area contributed by atoms with E-state index in [2.05, 4.69) is 47.4 Å². The predicted octanol–water partition coefficient (Wildman–Crippen LogP) is 3.82. The van der Waals surface area contributed by atoms with E-state index in [1.165, 1.54) is 16.7 Å². The van der Waals surface area contributed by atoms with Gasteiger partial charge in [0.2, 0.25) is 17.6 Å².